The maximum atomic E-state index is 13.3. The minimum Gasteiger partial charge on any atom is -0.496 e. The van der Waals surface area contributed by atoms with Gasteiger partial charge in [-0.3, -0.25) is 4.79 Å². The molecule has 1 aromatic heterocycles. The fourth-order valence-corrected chi connectivity index (χ4v) is 5.01. The normalized spacial score (nSPS) is 11.7. The van der Waals surface area contributed by atoms with Crippen LogP contribution in [0.15, 0.2) is 47.4 Å². The fraction of sp³-hybridized carbons (Fsp3) is 0.292. The molecular formula is C24H28N4O7S. The third-order valence-electron chi connectivity index (χ3n) is 4.91. The number of sulfonamides is 1. The van der Waals surface area contributed by atoms with Crippen LogP contribution in [0, 0.1) is 6.92 Å². The van der Waals surface area contributed by atoms with Crippen molar-refractivity contribution in [1.82, 2.24) is 14.5 Å². The molecule has 0 spiro atoms. The number of rotatable bonds is 8. The Balaban J connectivity index is 2.07. The lowest BCUT2D eigenvalue weighted by molar-refractivity contribution is 0.0688. The third kappa shape index (κ3) is 5.83. The first-order chi connectivity index (χ1) is 16.7. The number of carboxylic acids is 1. The minimum atomic E-state index is -4.14. The van der Waals surface area contributed by atoms with Crippen molar-refractivity contribution in [3.8, 4) is 17.4 Å². The number of para-hydroxylation sites is 1. The number of aromatic nitrogens is 2. The van der Waals surface area contributed by atoms with E-state index in [1.165, 1.54) is 44.0 Å². The predicted octanol–water partition coefficient (Wildman–Crippen LogP) is 3.56. The number of aryl methyl sites for hydroxylation is 1. The lowest BCUT2D eigenvalue weighted by atomic mass is 10.1. The number of carbonyl (C=O) groups is 2. The molecule has 0 aliphatic heterocycles. The molecule has 1 amide bonds. The second kappa shape index (κ2) is 9.99. The number of methoxy groups -OCH3 is 1. The number of benzene rings is 2. The summed E-state index contributed by atoms with van der Waals surface area (Å²) in [5.41, 5.74) is -0.341. The first-order valence-corrected chi connectivity index (χ1v) is 12.3. The Hall–Kier alpha value is -3.90. The number of ether oxygens (including phenoxy) is 2. The number of nitrogens with one attached hydrogen (secondary N) is 2. The van der Waals surface area contributed by atoms with Crippen LogP contribution in [-0.2, 0) is 17.1 Å². The molecule has 3 aromatic rings. The minimum absolute atomic E-state index is 0.0606. The Bertz CT molecular complexity index is 1420. The van der Waals surface area contributed by atoms with E-state index >= 15 is 0 Å². The number of carboxylic acid groups (broad SMARTS) is 1. The van der Waals surface area contributed by atoms with E-state index < -0.39 is 27.4 Å². The highest BCUT2D eigenvalue weighted by Crippen LogP contribution is 2.34. The van der Waals surface area contributed by atoms with Gasteiger partial charge in [0.25, 0.3) is 5.91 Å². The van der Waals surface area contributed by atoms with Crippen LogP contribution in [0.4, 0.5) is 5.69 Å². The van der Waals surface area contributed by atoms with Gasteiger partial charge in [0.2, 0.25) is 15.9 Å². The second-order valence-electron chi connectivity index (χ2n) is 8.98. The van der Waals surface area contributed by atoms with E-state index in [1.807, 2.05) is 0 Å². The van der Waals surface area contributed by atoms with Gasteiger partial charge in [-0.1, -0.05) is 12.1 Å². The number of hydrogen-bond donors (Lipinski definition) is 3. The molecule has 0 atom stereocenters. The van der Waals surface area contributed by atoms with Crippen LogP contribution in [0.5, 0.6) is 17.4 Å². The van der Waals surface area contributed by atoms with Crippen LogP contribution >= 0.6 is 0 Å². The van der Waals surface area contributed by atoms with Crippen molar-refractivity contribution >= 4 is 27.6 Å². The van der Waals surface area contributed by atoms with Gasteiger partial charge in [0.1, 0.15) is 16.4 Å². The Morgan fingerprint density at radius 3 is 2.33 bits per heavy atom. The van der Waals surface area contributed by atoms with Gasteiger partial charge in [-0.2, -0.15) is 5.10 Å². The summed E-state index contributed by atoms with van der Waals surface area (Å²) in [7, 11) is -1.21. The highest BCUT2D eigenvalue weighted by molar-refractivity contribution is 7.89. The number of nitrogens with zero attached hydrogens (tertiary/aromatic N) is 2. The van der Waals surface area contributed by atoms with E-state index in [-0.39, 0.29) is 39.0 Å². The second-order valence-corrected chi connectivity index (χ2v) is 10.6. The number of aromatic carboxylic acids is 1. The number of carbonyl (C=O) groups excluding carboxylic acids is 1. The summed E-state index contributed by atoms with van der Waals surface area (Å²) in [5, 5.41) is 15.9. The molecule has 0 unspecified atom stereocenters. The van der Waals surface area contributed by atoms with Gasteiger partial charge >= 0.3 is 5.97 Å². The van der Waals surface area contributed by atoms with Crippen molar-refractivity contribution < 1.29 is 32.6 Å². The Morgan fingerprint density at radius 1 is 1.08 bits per heavy atom. The standard InChI is InChI=1S/C24H28N4O7S/c1-14-20(23(30)31)26-28(5)22(14)35-18-12-11-15(13-19(18)36(32,33)27-24(2,3)4)25-21(29)16-9-7-8-10-17(16)34-6/h7-13,27H,1-6H3,(H,25,29)(H,30,31). The summed E-state index contributed by atoms with van der Waals surface area (Å²) in [6.45, 7) is 6.56. The van der Waals surface area contributed by atoms with Crippen LogP contribution in [0.1, 0.15) is 47.2 Å². The first kappa shape index (κ1) is 26.7. The zero-order valence-electron chi connectivity index (χ0n) is 20.7. The highest BCUT2D eigenvalue weighted by atomic mass is 32.2. The predicted molar refractivity (Wildman–Crippen MR) is 132 cm³/mol. The number of hydrogen-bond acceptors (Lipinski definition) is 7. The molecule has 192 valence electrons. The Labute approximate surface area is 209 Å². The van der Waals surface area contributed by atoms with E-state index in [0.717, 1.165) is 0 Å². The molecule has 11 nitrogen and oxygen atoms in total. The van der Waals surface area contributed by atoms with Crippen LogP contribution in [0.3, 0.4) is 0 Å². The number of amides is 1. The molecule has 0 fully saturated rings. The summed E-state index contributed by atoms with van der Waals surface area (Å²) < 4.78 is 41.5. The molecule has 3 N–H and O–H groups in total. The van der Waals surface area contributed by atoms with Crippen molar-refractivity contribution in [2.24, 2.45) is 7.05 Å². The van der Waals surface area contributed by atoms with Gasteiger partial charge in [0.05, 0.1) is 12.7 Å². The molecule has 2 aromatic carbocycles. The monoisotopic (exact) mass is 516 g/mol. The van der Waals surface area contributed by atoms with Gasteiger partial charge in [-0.15, -0.1) is 0 Å². The van der Waals surface area contributed by atoms with Crippen molar-refractivity contribution in [2.75, 3.05) is 12.4 Å². The van der Waals surface area contributed by atoms with E-state index in [4.69, 9.17) is 9.47 Å². The molecule has 0 aliphatic carbocycles. The third-order valence-corrected chi connectivity index (χ3v) is 6.69. The highest BCUT2D eigenvalue weighted by Gasteiger charge is 2.28. The van der Waals surface area contributed by atoms with E-state index in [9.17, 15) is 23.1 Å². The van der Waals surface area contributed by atoms with E-state index in [2.05, 4.69) is 15.1 Å². The number of anilines is 1. The molecule has 3 rings (SSSR count). The van der Waals surface area contributed by atoms with Crippen molar-refractivity contribution in [3.05, 3.63) is 59.3 Å². The van der Waals surface area contributed by atoms with Crippen LogP contribution in [-0.4, -0.2) is 47.8 Å². The smallest absolute Gasteiger partial charge is 0.356 e. The lowest BCUT2D eigenvalue weighted by Crippen LogP contribution is -2.40. The van der Waals surface area contributed by atoms with Crippen molar-refractivity contribution in [1.29, 1.82) is 0 Å². The molecule has 0 saturated heterocycles. The maximum absolute atomic E-state index is 13.3. The zero-order chi connectivity index (χ0) is 26.8. The SMILES string of the molecule is COc1ccccc1C(=O)Nc1ccc(Oc2c(C)c(C(=O)O)nn2C)c(S(=O)(=O)NC(C)(C)C)c1. The molecule has 0 bridgehead atoms. The molecule has 12 heteroatoms. The molecule has 0 radical (unpaired) electrons. The summed E-state index contributed by atoms with van der Waals surface area (Å²) in [6, 6.07) is 10.7. The zero-order valence-corrected chi connectivity index (χ0v) is 21.6. The summed E-state index contributed by atoms with van der Waals surface area (Å²) in [4.78, 5) is 24.1. The first-order valence-electron chi connectivity index (χ1n) is 10.8. The molecular weight excluding hydrogens is 488 g/mol. The molecule has 1 heterocycles. The molecule has 0 saturated carbocycles. The molecule has 36 heavy (non-hydrogen) atoms. The fourth-order valence-electron chi connectivity index (χ4n) is 3.43. The average molecular weight is 517 g/mol. The summed E-state index contributed by atoms with van der Waals surface area (Å²) >= 11 is 0. The van der Waals surface area contributed by atoms with Gasteiger partial charge in [0.15, 0.2) is 5.69 Å². The summed E-state index contributed by atoms with van der Waals surface area (Å²) in [6.07, 6.45) is 0. The van der Waals surface area contributed by atoms with Crippen LogP contribution in [0.2, 0.25) is 0 Å². The van der Waals surface area contributed by atoms with E-state index in [1.54, 1.807) is 45.0 Å². The topological polar surface area (TPSA) is 149 Å². The quantitative estimate of drug-likeness (QED) is 0.411. The van der Waals surface area contributed by atoms with Crippen LogP contribution in [0.25, 0.3) is 0 Å². The lowest BCUT2D eigenvalue weighted by Gasteiger charge is -2.22. The van der Waals surface area contributed by atoms with Gasteiger partial charge in [0, 0.05) is 23.8 Å². The molecule has 0 aliphatic rings. The van der Waals surface area contributed by atoms with Gasteiger partial charge in [-0.05, 0) is 58.0 Å². The van der Waals surface area contributed by atoms with E-state index in [0.29, 0.717) is 5.75 Å². The van der Waals surface area contributed by atoms with Crippen molar-refractivity contribution in [3.63, 3.8) is 0 Å². The largest absolute Gasteiger partial charge is 0.496 e. The van der Waals surface area contributed by atoms with Crippen LogP contribution < -0.4 is 19.5 Å². The van der Waals surface area contributed by atoms with Crippen molar-refractivity contribution in [2.45, 2.75) is 38.1 Å². The Kier molecular flexibility index (Phi) is 7.41. The average Bonchev–Trinajstić information content (AvgIpc) is 3.06. The maximum Gasteiger partial charge on any atom is 0.356 e. The van der Waals surface area contributed by atoms with Gasteiger partial charge < -0.3 is 19.9 Å². The Morgan fingerprint density at radius 2 is 1.75 bits per heavy atom. The van der Waals surface area contributed by atoms with Gasteiger partial charge in [-0.25, -0.2) is 22.6 Å². The summed E-state index contributed by atoms with van der Waals surface area (Å²) in [5.74, 6) is -1.40.